The Morgan fingerprint density at radius 3 is 2.58 bits per heavy atom. The molecule has 1 amide bonds. The van der Waals surface area contributed by atoms with E-state index in [9.17, 15) is 4.79 Å². The quantitative estimate of drug-likeness (QED) is 0.608. The molecule has 0 spiro atoms. The molecule has 0 heterocycles. The van der Waals surface area contributed by atoms with Crippen molar-refractivity contribution in [3.05, 3.63) is 54.1 Å². The van der Waals surface area contributed by atoms with Crippen molar-refractivity contribution < 1.29 is 19.4 Å². The van der Waals surface area contributed by atoms with Gasteiger partial charge in [0.25, 0.3) is 5.91 Å². The topological polar surface area (TPSA) is 79.8 Å². The minimum Gasteiger partial charge on any atom is -0.490 e. The van der Waals surface area contributed by atoms with Crippen LogP contribution in [0.5, 0.6) is 11.5 Å². The first kappa shape index (κ1) is 19.8. The highest BCUT2D eigenvalue weighted by molar-refractivity contribution is 5.91. The molecule has 26 heavy (non-hydrogen) atoms. The van der Waals surface area contributed by atoms with Crippen molar-refractivity contribution in [1.29, 1.82) is 0 Å². The third-order valence-corrected chi connectivity index (χ3v) is 3.65. The maximum absolute atomic E-state index is 12.0. The Balaban J connectivity index is 1.95. The predicted octanol–water partition coefficient (Wildman–Crippen LogP) is 2.57. The highest BCUT2D eigenvalue weighted by Gasteiger charge is 2.10. The summed E-state index contributed by atoms with van der Waals surface area (Å²) in [6, 6.07) is 14.8. The number of aliphatic hydroxyl groups excluding tert-OH is 1. The largest absolute Gasteiger partial charge is 0.490 e. The van der Waals surface area contributed by atoms with Crippen molar-refractivity contribution in [3.63, 3.8) is 0 Å². The van der Waals surface area contributed by atoms with Crippen molar-refractivity contribution >= 4 is 11.6 Å². The van der Waals surface area contributed by atoms with E-state index in [1.165, 1.54) is 0 Å². The van der Waals surface area contributed by atoms with Gasteiger partial charge in [-0.15, -0.1) is 0 Å². The number of hydrogen-bond acceptors (Lipinski definition) is 5. The first-order valence-corrected chi connectivity index (χ1v) is 8.70. The van der Waals surface area contributed by atoms with Crippen LogP contribution in [0.4, 0.5) is 5.69 Å². The molecule has 2 aromatic carbocycles. The minimum atomic E-state index is -0.235. The van der Waals surface area contributed by atoms with E-state index in [4.69, 9.17) is 14.6 Å². The molecule has 0 fully saturated rings. The first-order valence-electron chi connectivity index (χ1n) is 8.70. The fourth-order valence-electron chi connectivity index (χ4n) is 2.27. The maximum Gasteiger partial charge on any atom is 0.262 e. The zero-order chi connectivity index (χ0) is 18.8. The second-order valence-corrected chi connectivity index (χ2v) is 5.88. The molecule has 2 rings (SSSR count). The van der Waals surface area contributed by atoms with Crippen LogP contribution in [0.25, 0.3) is 0 Å². The summed E-state index contributed by atoms with van der Waals surface area (Å²) in [6.07, 6.45) is 0. The summed E-state index contributed by atoms with van der Waals surface area (Å²) < 4.78 is 11.3. The van der Waals surface area contributed by atoms with Crippen LogP contribution in [0.1, 0.15) is 19.4 Å². The van der Waals surface area contributed by atoms with Gasteiger partial charge in [-0.2, -0.15) is 0 Å². The summed E-state index contributed by atoms with van der Waals surface area (Å²) in [5, 5.41) is 15.1. The second-order valence-electron chi connectivity index (χ2n) is 5.88. The molecule has 6 heteroatoms. The van der Waals surface area contributed by atoms with E-state index in [-0.39, 0.29) is 25.2 Å². The van der Waals surface area contributed by atoms with Gasteiger partial charge in [0.2, 0.25) is 0 Å². The van der Waals surface area contributed by atoms with E-state index in [1.807, 2.05) is 56.3 Å². The van der Waals surface area contributed by atoms with E-state index >= 15 is 0 Å². The Bertz CT molecular complexity index is 691. The first-order chi connectivity index (χ1) is 12.6. The van der Waals surface area contributed by atoms with Gasteiger partial charge >= 0.3 is 0 Å². The van der Waals surface area contributed by atoms with Gasteiger partial charge < -0.3 is 25.2 Å². The number of ether oxygens (including phenoxy) is 2. The van der Waals surface area contributed by atoms with Gasteiger partial charge in [0.05, 0.1) is 13.2 Å². The molecular formula is C20H26N2O4. The van der Waals surface area contributed by atoms with Crippen molar-refractivity contribution in [2.75, 3.05) is 25.1 Å². The Kier molecular flexibility index (Phi) is 7.92. The number of nitrogens with one attached hydrogen (secondary N) is 2. The van der Waals surface area contributed by atoms with Crippen LogP contribution in [0.15, 0.2) is 48.5 Å². The van der Waals surface area contributed by atoms with Crippen LogP contribution in [-0.4, -0.2) is 36.9 Å². The summed E-state index contributed by atoms with van der Waals surface area (Å²) in [5.74, 6) is 0.881. The Morgan fingerprint density at radius 1 is 1.12 bits per heavy atom. The lowest BCUT2D eigenvalue weighted by Gasteiger charge is -2.15. The molecule has 0 aromatic heterocycles. The van der Waals surface area contributed by atoms with Gasteiger partial charge in [-0.1, -0.05) is 24.3 Å². The number of aliphatic hydroxyl groups is 1. The smallest absolute Gasteiger partial charge is 0.262 e. The van der Waals surface area contributed by atoms with Crippen LogP contribution in [0, 0.1) is 0 Å². The number of para-hydroxylation sites is 1. The third kappa shape index (κ3) is 6.38. The highest BCUT2D eigenvalue weighted by Crippen LogP contribution is 2.28. The number of carbonyl (C=O) groups excluding carboxylic acids is 1. The lowest BCUT2D eigenvalue weighted by molar-refractivity contribution is -0.118. The summed E-state index contributed by atoms with van der Waals surface area (Å²) in [4.78, 5) is 12.0. The third-order valence-electron chi connectivity index (χ3n) is 3.65. The van der Waals surface area contributed by atoms with E-state index in [0.29, 0.717) is 24.7 Å². The molecule has 0 saturated heterocycles. The van der Waals surface area contributed by atoms with Crippen LogP contribution >= 0.6 is 0 Å². The van der Waals surface area contributed by atoms with E-state index < -0.39 is 0 Å². The van der Waals surface area contributed by atoms with Crippen molar-refractivity contribution in [2.45, 2.75) is 26.4 Å². The van der Waals surface area contributed by atoms with E-state index in [1.54, 1.807) is 6.07 Å². The molecule has 0 aliphatic rings. The molecule has 3 N–H and O–H groups in total. The number of amides is 1. The number of rotatable bonds is 10. The van der Waals surface area contributed by atoms with Gasteiger partial charge in [0.15, 0.2) is 18.1 Å². The number of hydrogen-bond donors (Lipinski definition) is 3. The average molecular weight is 358 g/mol. The van der Waals surface area contributed by atoms with E-state index in [0.717, 1.165) is 11.3 Å². The lowest BCUT2D eigenvalue weighted by atomic mass is 10.2. The highest BCUT2D eigenvalue weighted by atomic mass is 16.5. The molecule has 0 saturated carbocycles. The molecule has 140 valence electrons. The van der Waals surface area contributed by atoms with E-state index in [2.05, 4.69) is 10.6 Å². The zero-order valence-electron chi connectivity index (χ0n) is 15.2. The summed E-state index contributed by atoms with van der Waals surface area (Å²) in [7, 11) is 0. The Hall–Kier alpha value is -2.57. The van der Waals surface area contributed by atoms with Gasteiger partial charge in [-0.3, -0.25) is 4.79 Å². The number of carbonyl (C=O) groups is 1. The molecule has 0 aliphatic carbocycles. The summed E-state index contributed by atoms with van der Waals surface area (Å²) in [6.45, 7) is 4.88. The van der Waals surface area contributed by atoms with Crippen molar-refractivity contribution in [3.8, 4) is 11.5 Å². The van der Waals surface area contributed by atoms with Crippen molar-refractivity contribution in [2.24, 2.45) is 0 Å². The van der Waals surface area contributed by atoms with Crippen LogP contribution in [-0.2, 0) is 11.3 Å². The maximum atomic E-state index is 12.0. The van der Waals surface area contributed by atoms with Crippen LogP contribution in [0.3, 0.4) is 0 Å². The number of benzene rings is 2. The van der Waals surface area contributed by atoms with Gasteiger partial charge in [0, 0.05) is 18.3 Å². The van der Waals surface area contributed by atoms with Crippen LogP contribution in [0.2, 0.25) is 0 Å². The Morgan fingerprint density at radius 2 is 1.88 bits per heavy atom. The summed E-state index contributed by atoms with van der Waals surface area (Å²) in [5.41, 5.74) is 1.74. The standard InChI is InChI=1S/C20H26N2O4/c1-3-25-19-11-16(12-21-15(2)13-23)9-10-18(19)26-14-20(24)22-17-7-5-4-6-8-17/h4-11,15,21,23H,3,12-14H2,1-2H3,(H,22,24)/t15-/m1/s1. The molecule has 1 atom stereocenters. The second kappa shape index (κ2) is 10.4. The SMILES string of the molecule is CCOc1cc(CN[C@H](C)CO)ccc1OCC(=O)Nc1ccccc1. The predicted molar refractivity (Wildman–Crippen MR) is 102 cm³/mol. The zero-order valence-corrected chi connectivity index (χ0v) is 15.2. The molecular weight excluding hydrogens is 332 g/mol. The molecule has 0 unspecified atom stereocenters. The molecule has 6 nitrogen and oxygen atoms in total. The van der Waals surface area contributed by atoms with Crippen LogP contribution < -0.4 is 20.1 Å². The molecule has 0 bridgehead atoms. The van der Waals surface area contributed by atoms with Crippen molar-refractivity contribution in [1.82, 2.24) is 5.32 Å². The van der Waals surface area contributed by atoms with Gasteiger partial charge in [-0.05, 0) is 43.7 Å². The minimum absolute atomic E-state index is 0.0168. The lowest BCUT2D eigenvalue weighted by Crippen LogP contribution is -2.28. The van der Waals surface area contributed by atoms with Gasteiger partial charge in [0.1, 0.15) is 0 Å². The monoisotopic (exact) mass is 358 g/mol. The molecule has 0 radical (unpaired) electrons. The fourth-order valence-corrected chi connectivity index (χ4v) is 2.27. The fraction of sp³-hybridized carbons (Fsp3) is 0.350. The Labute approximate surface area is 154 Å². The molecule has 2 aromatic rings. The normalized spacial score (nSPS) is 11.7. The van der Waals surface area contributed by atoms with Gasteiger partial charge in [-0.25, -0.2) is 0 Å². The average Bonchev–Trinajstić information content (AvgIpc) is 2.66. The summed E-state index contributed by atoms with van der Waals surface area (Å²) >= 11 is 0. The number of anilines is 1. The molecule has 0 aliphatic heterocycles.